The molecule has 0 aliphatic heterocycles. The first kappa shape index (κ1) is 13.0. The van der Waals surface area contributed by atoms with Crippen LogP contribution in [0.15, 0.2) is 0 Å². The highest BCUT2D eigenvalue weighted by Crippen LogP contribution is 2.18. The summed E-state index contributed by atoms with van der Waals surface area (Å²) in [6.07, 6.45) is 0. The van der Waals surface area contributed by atoms with Gasteiger partial charge in [0.1, 0.15) is 5.60 Å². The van der Waals surface area contributed by atoms with Crippen molar-refractivity contribution in [3.63, 3.8) is 0 Å². The highest BCUT2D eigenvalue weighted by atomic mass is 27.2. The van der Waals surface area contributed by atoms with E-state index in [1.54, 1.807) is 0 Å². The Morgan fingerprint density at radius 2 is 1.92 bits per heavy atom. The van der Waals surface area contributed by atoms with Crippen LogP contribution < -0.4 is 0 Å². The van der Waals surface area contributed by atoms with Crippen molar-refractivity contribution in [2.24, 2.45) is 0 Å². The number of esters is 1. The minimum Gasteiger partial charge on any atom is -0.461 e. The largest absolute Gasteiger partial charge is 0.461 e. The van der Waals surface area contributed by atoms with Gasteiger partial charge in [0.2, 0.25) is 0 Å². The van der Waals surface area contributed by atoms with Crippen LogP contribution in [0, 0.1) is 0 Å². The molecule has 2 nitrogen and oxygen atoms in total. The molecule has 0 N–H and O–H groups in total. The standard InChI is InChI=1S/C7H13O2.C2H5.CH3.Al/c1-5-6(8)9-7(2,3)4;1-2;;/h5H,1-4H3;1H2,2H3;1H3;. The molecular weight excluding hydrogens is 179 g/mol. The van der Waals surface area contributed by atoms with E-state index in [1.165, 1.54) is 0 Å². The van der Waals surface area contributed by atoms with Gasteiger partial charge in [-0.05, 0) is 20.8 Å². The number of hydrogen-bond donors (Lipinski definition) is 0. The molecular formula is C10H21AlO2. The molecule has 0 aliphatic carbocycles. The van der Waals surface area contributed by atoms with Gasteiger partial charge in [0.05, 0.1) is 0 Å². The molecule has 0 spiro atoms. The van der Waals surface area contributed by atoms with E-state index < -0.39 is 14.1 Å². The summed E-state index contributed by atoms with van der Waals surface area (Å²) in [6, 6.07) is 0. The van der Waals surface area contributed by atoms with Gasteiger partial charge >= 0.3 is 0 Å². The zero-order chi connectivity index (χ0) is 10.6. The van der Waals surface area contributed by atoms with Crippen molar-refractivity contribution >= 4 is 20.1 Å². The molecule has 0 aromatic heterocycles. The van der Waals surface area contributed by atoms with E-state index in [4.69, 9.17) is 4.74 Å². The van der Waals surface area contributed by atoms with Crippen molar-refractivity contribution in [1.29, 1.82) is 0 Å². The Bertz CT molecular complexity index is 172. The van der Waals surface area contributed by atoms with Crippen LogP contribution in [0.25, 0.3) is 0 Å². The Morgan fingerprint density at radius 3 is 2.23 bits per heavy atom. The Kier molecular flexibility index (Phi) is 5.03. The lowest BCUT2D eigenvalue weighted by Gasteiger charge is -2.23. The Morgan fingerprint density at radius 1 is 1.46 bits per heavy atom. The molecule has 0 saturated carbocycles. The van der Waals surface area contributed by atoms with Crippen molar-refractivity contribution in [3.8, 4) is 0 Å². The molecule has 76 valence electrons. The first-order valence-electron chi connectivity index (χ1n) is 5.00. The van der Waals surface area contributed by atoms with Gasteiger partial charge in [-0.15, -0.1) is 5.79 Å². The Balaban J connectivity index is 4.12. The van der Waals surface area contributed by atoms with Crippen LogP contribution in [0.3, 0.4) is 0 Å². The van der Waals surface area contributed by atoms with E-state index >= 15 is 0 Å². The van der Waals surface area contributed by atoms with E-state index in [0.29, 0.717) is 0 Å². The molecule has 0 bridgehead atoms. The lowest BCUT2D eigenvalue weighted by molar-refractivity contribution is -0.154. The zero-order valence-electron chi connectivity index (χ0n) is 9.68. The van der Waals surface area contributed by atoms with Crippen LogP contribution in [-0.4, -0.2) is 25.7 Å². The van der Waals surface area contributed by atoms with Crippen LogP contribution in [0.5, 0.6) is 0 Å². The molecule has 0 aromatic rings. The van der Waals surface area contributed by atoms with Crippen molar-refractivity contribution in [2.45, 2.75) is 56.1 Å². The third kappa shape index (κ3) is 5.34. The van der Waals surface area contributed by atoms with Crippen LogP contribution in [-0.2, 0) is 9.53 Å². The lowest BCUT2D eigenvalue weighted by Crippen LogP contribution is -2.30. The molecule has 1 unspecified atom stereocenters. The number of carbonyl (C=O) groups excluding carboxylic acids is 1. The van der Waals surface area contributed by atoms with Gasteiger partial charge in [0, 0.05) is 4.78 Å². The third-order valence-corrected chi connectivity index (χ3v) is 5.54. The van der Waals surface area contributed by atoms with Gasteiger partial charge in [0.15, 0.2) is 0 Å². The van der Waals surface area contributed by atoms with Gasteiger partial charge < -0.3 is 4.74 Å². The fraction of sp³-hybridized carbons (Fsp3) is 0.900. The van der Waals surface area contributed by atoms with E-state index in [2.05, 4.69) is 12.7 Å². The monoisotopic (exact) mass is 200 g/mol. The zero-order valence-corrected chi connectivity index (χ0v) is 10.8. The normalized spacial score (nSPS) is 13.7. The SMILES string of the molecule is C[CH2][Al]([CH3])[CH](C)C(=O)OC(C)(C)C. The average molecular weight is 200 g/mol. The Labute approximate surface area is 86.0 Å². The second-order valence-electron chi connectivity index (χ2n) is 4.71. The molecule has 0 amide bonds. The van der Waals surface area contributed by atoms with E-state index in [0.717, 1.165) is 5.28 Å². The van der Waals surface area contributed by atoms with E-state index in [9.17, 15) is 4.79 Å². The summed E-state index contributed by atoms with van der Waals surface area (Å²) in [6.45, 7) is 9.88. The maximum Gasteiger partial charge on any atom is 0.295 e. The molecule has 0 aliphatic rings. The minimum absolute atomic E-state index is 0.0199. The predicted molar refractivity (Wildman–Crippen MR) is 57.4 cm³/mol. The fourth-order valence-electron chi connectivity index (χ4n) is 0.981. The van der Waals surface area contributed by atoms with Gasteiger partial charge in [-0.3, -0.25) is 4.79 Å². The first-order chi connectivity index (χ1) is 5.78. The highest BCUT2D eigenvalue weighted by Gasteiger charge is 2.28. The van der Waals surface area contributed by atoms with Crippen molar-refractivity contribution in [1.82, 2.24) is 0 Å². The number of ether oxygens (including phenoxy) is 1. The van der Waals surface area contributed by atoms with Gasteiger partial charge in [-0.25, -0.2) is 0 Å². The molecule has 0 radical (unpaired) electrons. The Hall–Kier alpha value is 0.00247. The maximum absolute atomic E-state index is 11.6. The van der Waals surface area contributed by atoms with Gasteiger partial charge in [-0.1, -0.05) is 19.1 Å². The number of carbonyl (C=O) groups is 1. The molecule has 0 rings (SSSR count). The molecule has 0 fully saturated rings. The van der Waals surface area contributed by atoms with Crippen LogP contribution in [0.2, 0.25) is 15.8 Å². The third-order valence-electron chi connectivity index (χ3n) is 2.28. The first-order valence-corrected chi connectivity index (χ1v) is 7.64. The fourth-order valence-corrected chi connectivity index (χ4v) is 2.22. The van der Waals surface area contributed by atoms with Crippen LogP contribution in [0.1, 0.15) is 34.6 Å². The summed E-state index contributed by atoms with van der Waals surface area (Å²) in [4.78, 5) is 11.6. The maximum atomic E-state index is 11.6. The molecule has 13 heavy (non-hydrogen) atoms. The van der Waals surface area contributed by atoms with E-state index in [-0.39, 0.29) is 16.4 Å². The topological polar surface area (TPSA) is 26.3 Å². The van der Waals surface area contributed by atoms with Crippen LogP contribution >= 0.6 is 0 Å². The second kappa shape index (κ2) is 5.03. The summed E-state index contributed by atoms with van der Waals surface area (Å²) < 4.78 is 5.46. The highest BCUT2D eigenvalue weighted by molar-refractivity contribution is 6.62. The van der Waals surface area contributed by atoms with Crippen molar-refractivity contribution < 1.29 is 9.53 Å². The summed E-state index contributed by atoms with van der Waals surface area (Å²) in [5.41, 5.74) is -0.340. The predicted octanol–water partition coefficient (Wildman–Crippen LogP) is 2.86. The lowest BCUT2D eigenvalue weighted by atomic mass is 10.2. The molecule has 3 heteroatoms. The number of hydrogen-bond acceptors (Lipinski definition) is 2. The molecule has 0 saturated heterocycles. The molecule has 0 heterocycles. The van der Waals surface area contributed by atoms with Crippen molar-refractivity contribution in [2.75, 3.05) is 0 Å². The number of rotatable bonds is 3. The average Bonchev–Trinajstić information content (AvgIpc) is 1.98. The van der Waals surface area contributed by atoms with Crippen molar-refractivity contribution in [3.05, 3.63) is 0 Å². The van der Waals surface area contributed by atoms with Gasteiger partial charge in [0.25, 0.3) is 20.1 Å². The quantitative estimate of drug-likeness (QED) is 0.517. The summed E-state index contributed by atoms with van der Waals surface area (Å²) >= 11 is -0.897. The summed E-state index contributed by atoms with van der Waals surface area (Å²) in [5.74, 6) is 2.20. The van der Waals surface area contributed by atoms with Crippen LogP contribution in [0.4, 0.5) is 0 Å². The van der Waals surface area contributed by atoms with E-state index in [1.807, 2.05) is 27.7 Å². The summed E-state index contributed by atoms with van der Waals surface area (Å²) in [7, 11) is 0. The smallest absolute Gasteiger partial charge is 0.295 e. The molecule has 1 atom stereocenters. The minimum atomic E-state index is -0.897. The second-order valence-corrected chi connectivity index (χ2v) is 8.48. The molecule has 0 aromatic carbocycles. The summed E-state index contributed by atoms with van der Waals surface area (Å²) in [5, 5.41) is 1.15. The van der Waals surface area contributed by atoms with Gasteiger partial charge in [-0.2, -0.15) is 0 Å².